The van der Waals surface area contributed by atoms with Crippen molar-refractivity contribution in [2.45, 2.75) is 96.2 Å². The van der Waals surface area contributed by atoms with Crippen molar-refractivity contribution in [2.24, 2.45) is 11.1 Å². The number of benzene rings is 1. The Morgan fingerprint density at radius 1 is 1.12 bits per heavy atom. The molecule has 1 unspecified atom stereocenters. The minimum atomic E-state index is -0.710. The van der Waals surface area contributed by atoms with Gasteiger partial charge in [0.2, 0.25) is 0 Å². The van der Waals surface area contributed by atoms with Gasteiger partial charge in [0, 0.05) is 87.9 Å². The number of esters is 1. The van der Waals surface area contributed by atoms with E-state index < -0.39 is 17.5 Å². The number of ether oxygens (including phenoxy) is 3. The molecule has 3 saturated heterocycles. The molecule has 5 aliphatic heterocycles. The number of fused-ring (bicyclic) bond motifs is 6. The standard InChI is InChI=1S/C44H60N8O5/c1-6-51-37-12-11-29-19-32(37)34(40(51)33-20-31(23-46-39(33)28(2)55-5)49-15-16-50-17-18-56-38-22-44(38,50)26-49)21-43(3,4)27-57-42(54)36-10-8-14-52(47-36)41(53)35(45)25-48-13-7-9-30(29)24-48/h9,11-12,19-20,23,28,35-36,38,47H,6-8,10,13-18,21-22,24-27,45H2,1-5H3/t28-,35-,36-,38+,44+/m0/s1. The number of rotatable bonds is 5. The summed E-state index contributed by atoms with van der Waals surface area (Å²) < 4.78 is 20.8. The number of nitrogens with two attached hydrogens (primary N) is 1. The zero-order valence-corrected chi connectivity index (χ0v) is 34.4. The van der Waals surface area contributed by atoms with Crippen LogP contribution in [0.1, 0.15) is 76.3 Å². The topological polar surface area (TPSA) is 131 Å². The number of aromatic nitrogens is 2. The average Bonchev–Trinajstić information content (AvgIpc) is 3.87. The molecular weight excluding hydrogens is 721 g/mol. The second-order valence-electron chi connectivity index (χ2n) is 18.0. The summed E-state index contributed by atoms with van der Waals surface area (Å²) in [4.78, 5) is 39.8. The van der Waals surface area contributed by atoms with Crippen LogP contribution in [0.15, 0.2) is 36.5 Å². The molecule has 1 aromatic carbocycles. The fourth-order valence-electron chi connectivity index (χ4n) is 10.2. The summed E-state index contributed by atoms with van der Waals surface area (Å²) in [5.74, 6) is -0.527. The van der Waals surface area contributed by atoms with Crippen LogP contribution < -0.4 is 16.1 Å². The lowest BCUT2D eigenvalue weighted by Gasteiger charge is -2.45. The molecule has 6 atom stereocenters. The summed E-state index contributed by atoms with van der Waals surface area (Å²) in [6, 6.07) is 7.92. The van der Waals surface area contributed by atoms with Gasteiger partial charge in [-0.1, -0.05) is 26.0 Å². The number of carbonyl (C=O) groups is 2. The van der Waals surface area contributed by atoms with Gasteiger partial charge in [-0.25, -0.2) is 5.43 Å². The summed E-state index contributed by atoms with van der Waals surface area (Å²) in [5, 5.41) is 2.73. The molecule has 13 nitrogen and oxygen atoms in total. The highest BCUT2D eigenvalue weighted by Gasteiger charge is 2.63. The third-order valence-electron chi connectivity index (χ3n) is 13.5. The number of pyridine rings is 1. The van der Waals surface area contributed by atoms with Crippen molar-refractivity contribution >= 4 is 34.0 Å². The van der Waals surface area contributed by atoms with Crippen LogP contribution in [0.2, 0.25) is 0 Å². The van der Waals surface area contributed by atoms with E-state index in [9.17, 15) is 9.59 Å². The zero-order chi connectivity index (χ0) is 39.6. The lowest BCUT2D eigenvalue weighted by Crippen LogP contribution is -2.60. The summed E-state index contributed by atoms with van der Waals surface area (Å²) in [6.07, 6.45) is 8.40. The van der Waals surface area contributed by atoms with Crippen LogP contribution in [0.4, 0.5) is 5.69 Å². The number of piperazine rings is 1. The molecule has 7 heterocycles. The average molecular weight is 781 g/mol. The Labute approximate surface area is 336 Å². The number of methoxy groups -OCH3 is 1. The Balaban J connectivity index is 1.17. The fourth-order valence-corrected chi connectivity index (χ4v) is 10.2. The Morgan fingerprint density at radius 2 is 1.98 bits per heavy atom. The summed E-state index contributed by atoms with van der Waals surface area (Å²) in [5.41, 5.74) is 18.5. The molecule has 1 amide bonds. The summed E-state index contributed by atoms with van der Waals surface area (Å²) in [6.45, 7) is 16.8. The van der Waals surface area contributed by atoms with Gasteiger partial charge in [0.05, 0.1) is 60.3 Å². The predicted octanol–water partition coefficient (Wildman–Crippen LogP) is 4.13. The minimum absolute atomic E-state index is 0.102. The van der Waals surface area contributed by atoms with E-state index in [1.165, 1.54) is 22.1 Å². The fraction of sp³-hybridized carbons (Fsp3) is 0.614. The molecule has 4 fully saturated rings. The Morgan fingerprint density at radius 3 is 2.81 bits per heavy atom. The number of anilines is 1. The number of morpholine rings is 1. The molecule has 6 bridgehead atoms. The van der Waals surface area contributed by atoms with Crippen molar-refractivity contribution in [3.63, 3.8) is 0 Å². The second-order valence-corrected chi connectivity index (χ2v) is 18.0. The molecule has 0 radical (unpaired) electrons. The molecule has 2 aromatic heterocycles. The Kier molecular flexibility index (Phi) is 10.2. The quantitative estimate of drug-likeness (QED) is 0.363. The molecule has 13 heteroatoms. The maximum Gasteiger partial charge on any atom is 0.324 e. The number of amides is 1. The molecule has 1 saturated carbocycles. The van der Waals surface area contributed by atoms with E-state index in [1.54, 1.807) is 12.1 Å². The zero-order valence-electron chi connectivity index (χ0n) is 34.4. The van der Waals surface area contributed by atoms with Crippen LogP contribution in [0.3, 0.4) is 0 Å². The minimum Gasteiger partial charge on any atom is -0.464 e. The van der Waals surface area contributed by atoms with Gasteiger partial charge in [-0.2, -0.15) is 0 Å². The van der Waals surface area contributed by atoms with Gasteiger partial charge >= 0.3 is 5.97 Å². The van der Waals surface area contributed by atoms with E-state index in [-0.39, 0.29) is 30.1 Å². The first-order valence-electron chi connectivity index (χ1n) is 21.2. The van der Waals surface area contributed by atoms with Crippen LogP contribution >= 0.6 is 0 Å². The molecule has 306 valence electrons. The highest BCUT2D eigenvalue weighted by Crippen LogP contribution is 2.50. The molecule has 1 aliphatic carbocycles. The van der Waals surface area contributed by atoms with Crippen LogP contribution in [0.5, 0.6) is 0 Å². The number of hydrogen-bond donors (Lipinski definition) is 2. The third kappa shape index (κ3) is 7.08. The molecule has 57 heavy (non-hydrogen) atoms. The van der Waals surface area contributed by atoms with Gasteiger partial charge in [-0.05, 0) is 80.9 Å². The smallest absolute Gasteiger partial charge is 0.324 e. The third-order valence-corrected chi connectivity index (χ3v) is 13.5. The van der Waals surface area contributed by atoms with E-state index in [0.29, 0.717) is 45.0 Å². The number of nitrogens with zero attached hydrogens (tertiary/aromatic N) is 6. The van der Waals surface area contributed by atoms with Gasteiger partial charge in [-0.15, -0.1) is 0 Å². The van der Waals surface area contributed by atoms with Gasteiger partial charge in [0.15, 0.2) is 0 Å². The van der Waals surface area contributed by atoms with Crippen molar-refractivity contribution in [1.29, 1.82) is 0 Å². The molecule has 3 N–H and O–H groups in total. The monoisotopic (exact) mass is 780 g/mol. The van der Waals surface area contributed by atoms with Crippen LogP contribution in [-0.2, 0) is 36.8 Å². The lowest BCUT2D eigenvalue weighted by atomic mass is 9.84. The van der Waals surface area contributed by atoms with Gasteiger partial charge < -0.3 is 29.4 Å². The number of hydrogen-bond acceptors (Lipinski definition) is 11. The van der Waals surface area contributed by atoms with Crippen LogP contribution in [0, 0.1) is 5.41 Å². The Bertz CT molecular complexity index is 2080. The molecule has 1 spiro atoms. The highest BCUT2D eigenvalue weighted by atomic mass is 16.5. The number of aryl methyl sites for hydroxylation is 1. The van der Waals surface area contributed by atoms with E-state index in [2.05, 4.69) is 82.7 Å². The largest absolute Gasteiger partial charge is 0.464 e. The summed E-state index contributed by atoms with van der Waals surface area (Å²) >= 11 is 0. The number of carbonyl (C=O) groups excluding carboxylic acids is 2. The van der Waals surface area contributed by atoms with Gasteiger partial charge in [-0.3, -0.25) is 29.4 Å². The highest BCUT2D eigenvalue weighted by molar-refractivity contribution is 5.95. The Hall–Kier alpha value is -3.85. The number of hydrazine groups is 1. The maximum atomic E-state index is 13.7. The van der Waals surface area contributed by atoms with E-state index in [0.717, 1.165) is 86.9 Å². The van der Waals surface area contributed by atoms with Gasteiger partial charge in [0.25, 0.3) is 5.91 Å². The number of nitrogens with one attached hydrogen (secondary N) is 1. The first-order chi connectivity index (χ1) is 27.5. The van der Waals surface area contributed by atoms with E-state index >= 15 is 0 Å². The maximum absolute atomic E-state index is 13.7. The van der Waals surface area contributed by atoms with E-state index in [4.69, 9.17) is 24.9 Å². The summed E-state index contributed by atoms with van der Waals surface area (Å²) in [7, 11) is 1.75. The van der Waals surface area contributed by atoms with Crippen molar-refractivity contribution in [3.8, 4) is 11.3 Å². The van der Waals surface area contributed by atoms with Crippen LogP contribution in [-0.4, -0.2) is 133 Å². The predicted molar refractivity (Wildman–Crippen MR) is 220 cm³/mol. The molecule has 9 rings (SSSR count). The van der Waals surface area contributed by atoms with Crippen molar-refractivity contribution in [1.82, 2.24) is 29.8 Å². The lowest BCUT2D eigenvalue weighted by molar-refractivity contribution is -0.155. The normalized spacial score (nSPS) is 29.9. The van der Waals surface area contributed by atoms with E-state index in [1.807, 2.05) is 6.20 Å². The van der Waals surface area contributed by atoms with Gasteiger partial charge in [0.1, 0.15) is 6.04 Å². The van der Waals surface area contributed by atoms with Crippen molar-refractivity contribution in [2.75, 3.05) is 77.6 Å². The molecule has 6 aliphatic rings. The van der Waals surface area contributed by atoms with Crippen LogP contribution in [0.25, 0.3) is 27.7 Å². The molecular formula is C44H60N8O5. The first-order valence-corrected chi connectivity index (χ1v) is 21.2. The van der Waals surface area contributed by atoms with Crippen molar-refractivity contribution in [3.05, 3.63) is 53.4 Å². The molecule has 3 aromatic rings. The second kappa shape index (κ2) is 15.1. The first kappa shape index (κ1) is 38.7. The SMILES string of the molecule is CCn1c(-c2cc(N3CCN4CCO[C@@H]5C[C@@]54C3)cnc2[C@H](C)OC)c2c3cc(ccc31)C1=CCCN(C1)C[C@H](N)C(=O)N1CCC[C@H](N1)C(=O)OCC(C)(C)C2. The number of cyclic esters (lactones) is 1. The van der Waals surface area contributed by atoms with Crippen molar-refractivity contribution < 1.29 is 23.8 Å².